The Kier molecular flexibility index (Phi) is 3.08. The van der Waals surface area contributed by atoms with Gasteiger partial charge in [0.05, 0.1) is 11.4 Å². The molecule has 98 valence electrons. The minimum Gasteiger partial charge on any atom is -0.349 e. The number of para-hydroxylation sites is 2. The van der Waals surface area contributed by atoms with E-state index in [1.165, 1.54) is 11.4 Å². The van der Waals surface area contributed by atoms with Gasteiger partial charge in [-0.05, 0) is 24.3 Å². The quantitative estimate of drug-likeness (QED) is 0.759. The van der Waals surface area contributed by atoms with E-state index >= 15 is 0 Å². The second-order valence-electron chi connectivity index (χ2n) is 4.75. The van der Waals surface area contributed by atoms with Crippen molar-refractivity contribution in [3.63, 3.8) is 0 Å². The molecule has 0 saturated heterocycles. The van der Waals surface area contributed by atoms with Crippen LogP contribution < -0.4 is 9.80 Å². The van der Waals surface area contributed by atoms with Gasteiger partial charge in [-0.1, -0.05) is 41.4 Å². The molecule has 1 heterocycles. The van der Waals surface area contributed by atoms with Crippen LogP contribution >= 0.6 is 23.2 Å². The molecule has 2 aromatic rings. The first-order valence-corrected chi connectivity index (χ1v) is 6.85. The Morgan fingerprint density at radius 1 is 0.895 bits per heavy atom. The number of halogens is 2. The molecule has 1 aliphatic heterocycles. The van der Waals surface area contributed by atoms with Crippen molar-refractivity contribution in [1.82, 2.24) is 0 Å². The number of nitrogens with zero attached hydrogens (tertiary/aromatic N) is 2. The molecule has 0 amide bonds. The van der Waals surface area contributed by atoms with Gasteiger partial charge < -0.3 is 9.80 Å². The molecule has 0 saturated carbocycles. The maximum atomic E-state index is 6.35. The van der Waals surface area contributed by atoms with E-state index in [1.54, 1.807) is 6.07 Å². The van der Waals surface area contributed by atoms with E-state index in [0.717, 1.165) is 5.56 Å². The summed E-state index contributed by atoms with van der Waals surface area (Å²) in [5.41, 5.74) is 3.48. The summed E-state index contributed by atoms with van der Waals surface area (Å²) in [6.45, 7) is 0. The molecule has 0 atom stereocenters. The number of rotatable bonds is 1. The van der Waals surface area contributed by atoms with Gasteiger partial charge in [-0.25, -0.2) is 0 Å². The predicted octanol–water partition coefficient (Wildman–Crippen LogP) is 4.58. The van der Waals surface area contributed by atoms with Gasteiger partial charge in [0.2, 0.25) is 0 Å². The summed E-state index contributed by atoms with van der Waals surface area (Å²) >= 11 is 12.3. The van der Waals surface area contributed by atoms with Crippen molar-refractivity contribution >= 4 is 34.6 Å². The molecule has 0 aliphatic carbocycles. The molecule has 2 aromatic carbocycles. The van der Waals surface area contributed by atoms with Crippen molar-refractivity contribution in [2.24, 2.45) is 0 Å². The van der Waals surface area contributed by atoms with Crippen LogP contribution in [0.5, 0.6) is 0 Å². The SMILES string of the molecule is CN1c2ccccc2N(C)C1c1ccc(Cl)cc1Cl. The summed E-state index contributed by atoms with van der Waals surface area (Å²) in [4.78, 5) is 4.45. The van der Waals surface area contributed by atoms with Crippen molar-refractivity contribution in [2.75, 3.05) is 23.9 Å². The Labute approximate surface area is 123 Å². The van der Waals surface area contributed by atoms with Gasteiger partial charge in [-0.2, -0.15) is 0 Å². The zero-order valence-electron chi connectivity index (χ0n) is 10.8. The average Bonchev–Trinajstić information content (AvgIpc) is 2.64. The third-order valence-electron chi connectivity index (χ3n) is 3.62. The van der Waals surface area contributed by atoms with Crippen LogP contribution in [0.3, 0.4) is 0 Å². The summed E-state index contributed by atoms with van der Waals surface area (Å²) in [5.74, 6) is 0. The van der Waals surface area contributed by atoms with Crippen LogP contribution in [0.4, 0.5) is 11.4 Å². The van der Waals surface area contributed by atoms with E-state index in [0.29, 0.717) is 10.0 Å². The fourth-order valence-electron chi connectivity index (χ4n) is 2.71. The average molecular weight is 293 g/mol. The van der Waals surface area contributed by atoms with E-state index in [4.69, 9.17) is 23.2 Å². The van der Waals surface area contributed by atoms with Crippen LogP contribution in [0.25, 0.3) is 0 Å². The third kappa shape index (κ3) is 1.96. The Balaban J connectivity index is 2.08. The van der Waals surface area contributed by atoms with Gasteiger partial charge in [0.15, 0.2) is 0 Å². The minimum atomic E-state index is 0.0992. The topological polar surface area (TPSA) is 6.48 Å². The maximum Gasteiger partial charge on any atom is 0.129 e. The highest BCUT2D eigenvalue weighted by Gasteiger charge is 2.33. The molecule has 0 bridgehead atoms. The number of hydrogen-bond acceptors (Lipinski definition) is 2. The van der Waals surface area contributed by atoms with Crippen molar-refractivity contribution in [3.8, 4) is 0 Å². The molecule has 0 fully saturated rings. The molecule has 1 aliphatic rings. The Bertz CT molecular complexity index is 598. The largest absolute Gasteiger partial charge is 0.349 e. The lowest BCUT2D eigenvalue weighted by Gasteiger charge is -2.29. The van der Waals surface area contributed by atoms with E-state index in [-0.39, 0.29) is 6.17 Å². The van der Waals surface area contributed by atoms with E-state index in [9.17, 15) is 0 Å². The van der Waals surface area contributed by atoms with Gasteiger partial charge in [0, 0.05) is 29.7 Å². The number of anilines is 2. The maximum absolute atomic E-state index is 6.35. The molecule has 0 aromatic heterocycles. The Hall–Kier alpha value is -1.38. The molecule has 0 radical (unpaired) electrons. The van der Waals surface area contributed by atoms with Crippen LogP contribution in [0.1, 0.15) is 11.7 Å². The second kappa shape index (κ2) is 4.62. The van der Waals surface area contributed by atoms with Crippen LogP contribution in [0.2, 0.25) is 10.0 Å². The van der Waals surface area contributed by atoms with E-state index in [2.05, 4.69) is 48.2 Å². The zero-order valence-corrected chi connectivity index (χ0v) is 12.3. The van der Waals surface area contributed by atoms with Gasteiger partial charge in [-0.3, -0.25) is 0 Å². The lowest BCUT2D eigenvalue weighted by atomic mass is 10.1. The summed E-state index contributed by atoms with van der Waals surface area (Å²) < 4.78 is 0. The lowest BCUT2D eigenvalue weighted by molar-refractivity contribution is 0.695. The fraction of sp³-hybridized carbons (Fsp3) is 0.200. The lowest BCUT2D eigenvalue weighted by Crippen LogP contribution is -2.30. The first kappa shape index (κ1) is 12.6. The van der Waals surface area contributed by atoms with Crippen molar-refractivity contribution < 1.29 is 0 Å². The zero-order chi connectivity index (χ0) is 13.6. The van der Waals surface area contributed by atoms with Gasteiger partial charge >= 0.3 is 0 Å². The highest BCUT2D eigenvalue weighted by atomic mass is 35.5. The summed E-state index contributed by atoms with van der Waals surface area (Å²) in [5, 5.41) is 1.36. The van der Waals surface area contributed by atoms with Crippen molar-refractivity contribution in [2.45, 2.75) is 6.17 Å². The number of hydrogen-bond donors (Lipinski definition) is 0. The number of benzene rings is 2. The van der Waals surface area contributed by atoms with Gasteiger partial charge in [0.1, 0.15) is 6.17 Å². The molecular weight excluding hydrogens is 279 g/mol. The molecule has 0 N–H and O–H groups in total. The normalized spacial score (nSPS) is 14.9. The van der Waals surface area contributed by atoms with E-state index in [1.807, 2.05) is 12.1 Å². The van der Waals surface area contributed by atoms with Crippen LogP contribution in [0, 0.1) is 0 Å². The molecular formula is C15H14Cl2N2. The van der Waals surface area contributed by atoms with Crippen LogP contribution in [0.15, 0.2) is 42.5 Å². The first-order chi connectivity index (χ1) is 9.09. The molecule has 3 rings (SSSR count). The first-order valence-electron chi connectivity index (χ1n) is 6.09. The Morgan fingerprint density at radius 2 is 1.47 bits per heavy atom. The minimum absolute atomic E-state index is 0.0992. The molecule has 19 heavy (non-hydrogen) atoms. The third-order valence-corrected chi connectivity index (χ3v) is 4.18. The summed E-state index contributed by atoms with van der Waals surface area (Å²) in [6.07, 6.45) is 0.0992. The van der Waals surface area contributed by atoms with Gasteiger partial charge in [0.25, 0.3) is 0 Å². The highest BCUT2D eigenvalue weighted by Crippen LogP contribution is 2.45. The van der Waals surface area contributed by atoms with E-state index < -0.39 is 0 Å². The molecule has 0 unspecified atom stereocenters. The van der Waals surface area contributed by atoms with Crippen LogP contribution in [-0.2, 0) is 0 Å². The van der Waals surface area contributed by atoms with Crippen molar-refractivity contribution in [1.29, 1.82) is 0 Å². The van der Waals surface area contributed by atoms with Crippen LogP contribution in [-0.4, -0.2) is 14.1 Å². The van der Waals surface area contributed by atoms with Gasteiger partial charge in [-0.15, -0.1) is 0 Å². The fourth-order valence-corrected chi connectivity index (χ4v) is 3.22. The van der Waals surface area contributed by atoms with Crippen molar-refractivity contribution in [3.05, 3.63) is 58.1 Å². The molecule has 0 spiro atoms. The second-order valence-corrected chi connectivity index (χ2v) is 5.59. The highest BCUT2D eigenvalue weighted by molar-refractivity contribution is 6.35. The standard InChI is InChI=1S/C15H14Cl2N2/c1-18-13-5-3-4-6-14(13)19(2)15(18)11-8-7-10(16)9-12(11)17/h3-9,15H,1-2H3. The number of fused-ring (bicyclic) bond motifs is 1. The summed E-state index contributed by atoms with van der Waals surface area (Å²) in [7, 11) is 4.16. The molecule has 2 nitrogen and oxygen atoms in total. The Morgan fingerprint density at radius 3 is 2.00 bits per heavy atom. The monoisotopic (exact) mass is 292 g/mol. The predicted molar refractivity (Wildman–Crippen MR) is 82.5 cm³/mol. The summed E-state index contributed by atoms with van der Waals surface area (Å²) in [6, 6.07) is 14.0. The smallest absolute Gasteiger partial charge is 0.129 e. The molecule has 4 heteroatoms.